The molecule has 4 aromatic rings. The highest BCUT2D eigenvalue weighted by Crippen LogP contribution is 2.32. The monoisotopic (exact) mass is 456 g/mol. The third kappa shape index (κ3) is 3.51. The van der Waals surface area contributed by atoms with E-state index in [4.69, 9.17) is 9.47 Å². The van der Waals surface area contributed by atoms with Crippen molar-refractivity contribution in [1.29, 1.82) is 0 Å². The van der Waals surface area contributed by atoms with Gasteiger partial charge in [-0.15, -0.1) is 0 Å². The van der Waals surface area contributed by atoms with E-state index >= 15 is 0 Å². The minimum absolute atomic E-state index is 0.0643. The van der Waals surface area contributed by atoms with Gasteiger partial charge in [-0.1, -0.05) is 11.8 Å². The largest absolute Gasteiger partial charge is 0.497 e. The number of rotatable bonds is 4. The van der Waals surface area contributed by atoms with Gasteiger partial charge in [-0.25, -0.2) is 4.79 Å². The molecule has 3 heterocycles. The number of fused-ring (bicyclic) bond motifs is 2. The molecule has 34 heavy (non-hydrogen) atoms. The van der Waals surface area contributed by atoms with E-state index in [-0.39, 0.29) is 12.4 Å². The molecule has 3 amide bonds. The average molecular weight is 456 g/mol. The Bertz CT molecular complexity index is 1530. The van der Waals surface area contributed by atoms with Gasteiger partial charge in [-0.2, -0.15) is 0 Å². The van der Waals surface area contributed by atoms with Gasteiger partial charge in [-0.3, -0.25) is 15.1 Å². The number of aromatic hydroxyl groups is 1. The molecule has 9 nitrogen and oxygen atoms in total. The molecule has 1 aliphatic rings. The molecule has 1 saturated heterocycles. The van der Waals surface area contributed by atoms with Crippen molar-refractivity contribution in [2.24, 2.45) is 0 Å². The summed E-state index contributed by atoms with van der Waals surface area (Å²) in [5.41, 5.74) is -0.230. The van der Waals surface area contributed by atoms with Crippen LogP contribution in [0.25, 0.3) is 21.7 Å². The molecular formula is C25H20N4O5. The third-order valence-corrected chi connectivity index (χ3v) is 5.76. The van der Waals surface area contributed by atoms with E-state index in [1.54, 1.807) is 55.9 Å². The molecular weight excluding hydrogens is 436 g/mol. The van der Waals surface area contributed by atoms with Crippen LogP contribution in [0.3, 0.4) is 0 Å². The Morgan fingerprint density at radius 3 is 2.68 bits per heavy atom. The maximum absolute atomic E-state index is 12.8. The number of imide groups is 1. The fourth-order valence-corrected chi connectivity index (χ4v) is 4.01. The molecule has 0 spiro atoms. The maximum atomic E-state index is 12.8. The number of amides is 3. The van der Waals surface area contributed by atoms with E-state index in [2.05, 4.69) is 27.5 Å². The summed E-state index contributed by atoms with van der Waals surface area (Å²) in [4.78, 5) is 29.2. The highest BCUT2D eigenvalue weighted by atomic mass is 16.5. The van der Waals surface area contributed by atoms with Crippen LogP contribution in [0.2, 0.25) is 0 Å². The summed E-state index contributed by atoms with van der Waals surface area (Å²) < 4.78 is 12.1. The van der Waals surface area contributed by atoms with Gasteiger partial charge in [0.2, 0.25) is 5.54 Å². The van der Waals surface area contributed by atoms with E-state index < -0.39 is 17.5 Å². The second kappa shape index (κ2) is 8.01. The molecule has 0 aliphatic carbocycles. The predicted octanol–water partition coefficient (Wildman–Crippen LogP) is 2.54. The number of carbonyl (C=O) groups excluding carboxylic acids is 2. The summed E-state index contributed by atoms with van der Waals surface area (Å²) in [6, 6.07) is 11.8. The smallest absolute Gasteiger partial charge is 0.323 e. The molecule has 2 aromatic heterocycles. The van der Waals surface area contributed by atoms with Crippen molar-refractivity contribution >= 4 is 33.6 Å². The van der Waals surface area contributed by atoms with Crippen LogP contribution in [0, 0.1) is 11.8 Å². The van der Waals surface area contributed by atoms with Crippen molar-refractivity contribution in [3.63, 3.8) is 0 Å². The zero-order valence-electron chi connectivity index (χ0n) is 18.4. The van der Waals surface area contributed by atoms with Crippen LogP contribution >= 0.6 is 0 Å². The number of hydrogen-bond donors (Lipinski definition) is 3. The van der Waals surface area contributed by atoms with Crippen molar-refractivity contribution in [3.8, 4) is 29.2 Å². The zero-order chi connectivity index (χ0) is 23.9. The minimum atomic E-state index is -1.58. The number of methoxy groups -OCH3 is 2. The number of nitrogens with one attached hydrogen (secondary N) is 2. The predicted molar refractivity (Wildman–Crippen MR) is 125 cm³/mol. The molecule has 3 N–H and O–H groups in total. The van der Waals surface area contributed by atoms with E-state index in [1.807, 2.05) is 6.07 Å². The number of pyridine rings is 1. The average Bonchev–Trinajstić information content (AvgIpc) is 3.31. The quantitative estimate of drug-likeness (QED) is 0.321. The third-order valence-electron chi connectivity index (χ3n) is 5.76. The molecule has 0 unspecified atom stereocenters. The van der Waals surface area contributed by atoms with Crippen LogP contribution in [0.15, 0.2) is 54.9 Å². The Morgan fingerprint density at radius 1 is 1.09 bits per heavy atom. The molecule has 1 fully saturated rings. The molecule has 9 heteroatoms. The molecule has 1 aliphatic heterocycles. The Labute approximate surface area is 194 Å². The first-order chi connectivity index (χ1) is 16.4. The highest BCUT2D eigenvalue weighted by Gasteiger charge is 2.46. The lowest BCUT2D eigenvalue weighted by Crippen LogP contribution is -2.49. The van der Waals surface area contributed by atoms with Crippen LogP contribution in [-0.2, 0) is 11.3 Å². The van der Waals surface area contributed by atoms with Gasteiger partial charge < -0.3 is 24.5 Å². The minimum Gasteiger partial charge on any atom is -0.497 e. The molecule has 2 aromatic carbocycles. The standard InChI is InChI=1S/C25H20N4O5/c1-33-17-5-4-16-13-29(22(30)18(16)12-17)14-25(23(31)27-24(32)28-25)9-7-15-3-6-20-19(11-15)21(34-2)8-10-26-20/h3-6,8,10-13,30H,14H2,1-2H3,(H2,27,28,31,32)/t25-/m1/s1. The van der Waals surface area contributed by atoms with Crippen molar-refractivity contribution in [3.05, 3.63) is 60.4 Å². The van der Waals surface area contributed by atoms with Crippen LogP contribution in [0.4, 0.5) is 4.79 Å². The number of carbonyl (C=O) groups is 2. The molecule has 1 atom stereocenters. The second-order valence-corrected chi connectivity index (χ2v) is 7.84. The van der Waals surface area contributed by atoms with Crippen molar-refractivity contribution in [2.75, 3.05) is 14.2 Å². The Morgan fingerprint density at radius 2 is 1.94 bits per heavy atom. The first kappa shape index (κ1) is 21.2. The first-order valence-corrected chi connectivity index (χ1v) is 10.4. The van der Waals surface area contributed by atoms with E-state index in [9.17, 15) is 14.7 Å². The van der Waals surface area contributed by atoms with Gasteiger partial charge in [0.25, 0.3) is 5.91 Å². The lowest BCUT2D eigenvalue weighted by molar-refractivity contribution is -0.122. The van der Waals surface area contributed by atoms with Gasteiger partial charge in [0.05, 0.1) is 26.3 Å². The highest BCUT2D eigenvalue weighted by molar-refractivity contribution is 6.09. The normalized spacial score (nSPS) is 17.2. The summed E-state index contributed by atoms with van der Waals surface area (Å²) in [7, 11) is 3.11. The first-order valence-electron chi connectivity index (χ1n) is 10.4. The van der Waals surface area contributed by atoms with Crippen LogP contribution < -0.4 is 20.1 Å². The summed E-state index contributed by atoms with van der Waals surface area (Å²) >= 11 is 0. The lowest BCUT2D eigenvalue weighted by atomic mass is 9.99. The molecule has 5 rings (SSSR count). The summed E-state index contributed by atoms with van der Waals surface area (Å²) in [6.07, 6.45) is 3.35. The number of nitrogens with zero attached hydrogens (tertiary/aromatic N) is 2. The summed E-state index contributed by atoms with van der Waals surface area (Å²) in [5.74, 6) is 6.49. The van der Waals surface area contributed by atoms with Crippen LogP contribution in [0.1, 0.15) is 5.56 Å². The molecule has 0 bridgehead atoms. The van der Waals surface area contributed by atoms with Gasteiger partial charge in [0.1, 0.15) is 11.5 Å². The number of hydrogen-bond acceptors (Lipinski definition) is 6. The fraction of sp³-hybridized carbons (Fsp3) is 0.160. The van der Waals surface area contributed by atoms with Gasteiger partial charge in [-0.05, 0) is 42.5 Å². The van der Waals surface area contributed by atoms with Crippen molar-refractivity contribution in [2.45, 2.75) is 12.1 Å². The summed E-state index contributed by atoms with van der Waals surface area (Å²) in [5, 5.41) is 17.7. The molecule has 170 valence electrons. The second-order valence-electron chi connectivity index (χ2n) is 7.84. The van der Waals surface area contributed by atoms with Crippen molar-refractivity contribution < 1.29 is 24.2 Å². The summed E-state index contributed by atoms with van der Waals surface area (Å²) in [6.45, 7) is -0.0984. The van der Waals surface area contributed by atoms with Crippen molar-refractivity contribution in [1.82, 2.24) is 20.2 Å². The molecule has 0 radical (unpaired) electrons. The van der Waals surface area contributed by atoms with Gasteiger partial charge in [0, 0.05) is 34.1 Å². The number of aromatic nitrogens is 2. The number of urea groups is 1. The van der Waals surface area contributed by atoms with E-state index in [1.165, 1.54) is 11.7 Å². The van der Waals surface area contributed by atoms with Crippen LogP contribution in [0.5, 0.6) is 17.4 Å². The van der Waals surface area contributed by atoms with Gasteiger partial charge >= 0.3 is 6.03 Å². The fourth-order valence-electron chi connectivity index (χ4n) is 4.01. The Kier molecular flexibility index (Phi) is 4.98. The molecule has 0 saturated carbocycles. The Hall–Kier alpha value is -4.71. The zero-order valence-corrected chi connectivity index (χ0v) is 18.4. The van der Waals surface area contributed by atoms with E-state index in [0.29, 0.717) is 22.4 Å². The number of ether oxygens (including phenoxy) is 2. The van der Waals surface area contributed by atoms with Crippen LogP contribution in [-0.4, -0.2) is 46.4 Å². The lowest BCUT2D eigenvalue weighted by Gasteiger charge is -2.20. The number of benzene rings is 2. The maximum Gasteiger partial charge on any atom is 0.323 e. The SMILES string of the molecule is COc1ccc2cn(C[C@@]3(C#Cc4ccc5nccc(OC)c5c4)NC(=O)NC3=O)c(O)c2c1. The topological polar surface area (TPSA) is 115 Å². The van der Waals surface area contributed by atoms with Gasteiger partial charge in [0.15, 0.2) is 5.88 Å². The van der Waals surface area contributed by atoms with E-state index in [0.717, 1.165) is 16.3 Å². The Balaban J connectivity index is 1.56.